The van der Waals surface area contributed by atoms with Crippen LogP contribution in [0.4, 0.5) is 0 Å². The van der Waals surface area contributed by atoms with E-state index < -0.39 is 17.7 Å². The number of aliphatic hydroxyl groups is 1. The van der Waals surface area contributed by atoms with E-state index in [1.807, 2.05) is 49.4 Å². The van der Waals surface area contributed by atoms with Crippen LogP contribution < -0.4 is 0 Å². The molecule has 152 valence electrons. The summed E-state index contributed by atoms with van der Waals surface area (Å²) in [5.74, 6) is -1.33. The maximum atomic E-state index is 13.1. The van der Waals surface area contributed by atoms with Gasteiger partial charge in [0.05, 0.1) is 11.6 Å². The van der Waals surface area contributed by atoms with Crippen LogP contribution in [0.15, 0.2) is 76.8 Å². The van der Waals surface area contributed by atoms with Crippen molar-refractivity contribution in [3.8, 4) is 0 Å². The number of hydrogen-bond donors (Lipinski definition) is 1. The maximum Gasteiger partial charge on any atom is 0.295 e. The average Bonchev–Trinajstić information content (AvgIpc) is 3.02. The Kier molecular flexibility index (Phi) is 5.73. The summed E-state index contributed by atoms with van der Waals surface area (Å²) in [5.41, 5.74) is 1.51. The van der Waals surface area contributed by atoms with Crippen molar-refractivity contribution in [1.29, 1.82) is 0 Å². The summed E-state index contributed by atoms with van der Waals surface area (Å²) in [6, 6.07) is 20.2. The number of Topliss-reactive ketones (excluding diaryl/α,β-unsaturated/α-hetero) is 1. The number of fused-ring (bicyclic) bond motifs is 1. The van der Waals surface area contributed by atoms with Crippen molar-refractivity contribution < 1.29 is 14.7 Å². The van der Waals surface area contributed by atoms with E-state index in [1.165, 1.54) is 0 Å². The van der Waals surface area contributed by atoms with Gasteiger partial charge in [0, 0.05) is 16.6 Å². The lowest BCUT2D eigenvalue weighted by Gasteiger charge is -2.26. The molecule has 4 rings (SSSR count). The second-order valence-corrected chi connectivity index (χ2v) is 8.34. The Labute approximate surface area is 184 Å². The number of benzene rings is 3. The number of unbranched alkanes of at least 4 members (excludes halogenated alkanes) is 1. The van der Waals surface area contributed by atoms with Gasteiger partial charge >= 0.3 is 0 Å². The highest BCUT2D eigenvalue weighted by Crippen LogP contribution is 2.42. The van der Waals surface area contributed by atoms with Crippen LogP contribution >= 0.6 is 15.9 Å². The van der Waals surface area contributed by atoms with Gasteiger partial charge in [-0.05, 0) is 34.9 Å². The van der Waals surface area contributed by atoms with E-state index in [0.717, 1.165) is 33.7 Å². The summed E-state index contributed by atoms with van der Waals surface area (Å²) in [4.78, 5) is 27.6. The molecule has 1 amide bonds. The normalized spacial score (nSPS) is 18.3. The van der Waals surface area contributed by atoms with Crippen molar-refractivity contribution >= 4 is 44.2 Å². The molecule has 0 aliphatic carbocycles. The number of halogens is 1. The first-order valence-corrected chi connectivity index (χ1v) is 10.8. The summed E-state index contributed by atoms with van der Waals surface area (Å²) in [7, 11) is 0. The molecule has 1 N–H and O–H groups in total. The second kappa shape index (κ2) is 8.44. The van der Waals surface area contributed by atoms with Gasteiger partial charge in [-0.3, -0.25) is 9.59 Å². The molecule has 0 radical (unpaired) electrons. The van der Waals surface area contributed by atoms with Gasteiger partial charge in [-0.1, -0.05) is 83.9 Å². The van der Waals surface area contributed by atoms with Crippen molar-refractivity contribution in [2.75, 3.05) is 6.54 Å². The third kappa shape index (κ3) is 3.54. The molecule has 1 aliphatic rings. The summed E-state index contributed by atoms with van der Waals surface area (Å²) < 4.78 is 0.869. The first-order chi connectivity index (χ1) is 14.5. The summed E-state index contributed by atoms with van der Waals surface area (Å²) in [5, 5.41) is 13.1. The molecule has 0 aromatic heterocycles. The van der Waals surface area contributed by atoms with Crippen LogP contribution in [-0.2, 0) is 9.59 Å². The lowest BCUT2D eigenvalue weighted by molar-refractivity contribution is -0.139. The van der Waals surface area contributed by atoms with Gasteiger partial charge < -0.3 is 10.0 Å². The smallest absolute Gasteiger partial charge is 0.295 e. The number of amides is 1. The predicted octanol–water partition coefficient (Wildman–Crippen LogP) is 5.82. The summed E-state index contributed by atoms with van der Waals surface area (Å²) in [6.45, 7) is 2.51. The third-order valence-corrected chi connectivity index (χ3v) is 6.06. The number of carbonyl (C=O) groups excluding carboxylic acids is 2. The van der Waals surface area contributed by atoms with Crippen molar-refractivity contribution in [1.82, 2.24) is 4.90 Å². The van der Waals surface area contributed by atoms with Gasteiger partial charge in [0.2, 0.25) is 0 Å². The molecule has 3 aromatic rings. The lowest BCUT2D eigenvalue weighted by atomic mass is 9.91. The van der Waals surface area contributed by atoms with Crippen molar-refractivity contribution in [3.05, 3.63) is 87.9 Å². The van der Waals surface area contributed by atoms with E-state index >= 15 is 0 Å². The number of aliphatic hydroxyl groups excluding tert-OH is 1. The minimum Gasteiger partial charge on any atom is -0.507 e. The van der Waals surface area contributed by atoms with Crippen LogP contribution in [0.2, 0.25) is 0 Å². The lowest BCUT2D eigenvalue weighted by Crippen LogP contribution is -2.30. The van der Waals surface area contributed by atoms with Crippen LogP contribution in [0.25, 0.3) is 16.5 Å². The fourth-order valence-electron chi connectivity index (χ4n) is 4.01. The highest BCUT2D eigenvalue weighted by atomic mass is 79.9. The Morgan fingerprint density at radius 3 is 2.43 bits per heavy atom. The standard InChI is InChI=1S/C25H22BrNO3/c1-2-3-15-27-22(20-10-6-8-16-7-4-5-9-19(16)20)21(24(29)25(27)30)23(28)17-11-13-18(26)14-12-17/h4-14,22,28H,2-3,15H2,1H3/b23-21-. The highest BCUT2D eigenvalue weighted by molar-refractivity contribution is 9.10. The van der Waals surface area contributed by atoms with E-state index in [-0.39, 0.29) is 11.3 Å². The average molecular weight is 464 g/mol. The van der Waals surface area contributed by atoms with Gasteiger partial charge in [-0.15, -0.1) is 0 Å². The zero-order valence-corrected chi connectivity index (χ0v) is 18.2. The molecule has 1 saturated heterocycles. The fourth-order valence-corrected chi connectivity index (χ4v) is 4.28. The molecule has 5 heteroatoms. The molecular weight excluding hydrogens is 442 g/mol. The molecular formula is C25H22BrNO3. The predicted molar refractivity (Wildman–Crippen MR) is 122 cm³/mol. The van der Waals surface area contributed by atoms with Gasteiger partial charge in [-0.2, -0.15) is 0 Å². The molecule has 1 unspecified atom stereocenters. The van der Waals surface area contributed by atoms with Gasteiger partial charge in [0.15, 0.2) is 0 Å². The first-order valence-electron chi connectivity index (χ1n) is 10.0. The van der Waals surface area contributed by atoms with Gasteiger partial charge in [0.25, 0.3) is 11.7 Å². The molecule has 0 saturated carbocycles. The zero-order valence-electron chi connectivity index (χ0n) is 16.6. The van der Waals surface area contributed by atoms with Crippen LogP contribution in [0.5, 0.6) is 0 Å². The largest absolute Gasteiger partial charge is 0.507 e. The van der Waals surface area contributed by atoms with Crippen LogP contribution in [0, 0.1) is 0 Å². The van der Waals surface area contributed by atoms with Crippen molar-refractivity contribution in [2.45, 2.75) is 25.8 Å². The minimum atomic E-state index is -0.635. The zero-order chi connectivity index (χ0) is 21.3. The summed E-state index contributed by atoms with van der Waals surface area (Å²) >= 11 is 3.39. The number of carbonyl (C=O) groups is 2. The number of hydrogen-bond acceptors (Lipinski definition) is 3. The van der Waals surface area contributed by atoms with E-state index in [2.05, 4.69) is 15.9 Å². The van der Waals surface area contributed by atoms with E-state index in [1.54, 1.807) is 29.2 Å². The molecule has 1 fully saturated rings. The molecule has 1 aliphatic heterocycles. The first kappa shape index (κ1) is 20.4. The van der Waals surface area contributed by atoms with E-state index in [0.29, 0.717) is 12.1 Å². The Balaban J connectivity index is 1.95. The van der Waals surface area contributed by atoms with Crippen LogP contribution in [0.3, 0.4) is 0 Å². The number of nitrogens with zero attached hydrogens (tertiary/aromatic N) is 1. The number of rotatable bonds is 5. The number of ketones is 1. The Hall–Kier alpha value is -2.92. The topological polar surface area (TPSA) is 57.6 Å². The van der Waals surface area contributed by atoms with Crippen LogP contribution in [0.1, 0.15) is 36.9 Å². The van der Waals surface area contributed by atoms with Crippen LogP contribution in [-0.4, -0.2) is 28.2 Å². The summed E-state index contributed by atoms with van der Waals surface area (Å²) in [6.07, 6.45) is 1.69. The van der Waals surface area contributed by atoms with Gasteiger partial charge in [-0.25, -0.2) is 0 Å². The van der Waals surface area contributed by atoms with Crippen molar-refractivity contribution in [2.24, 2.45) is 0 Å². The monoisotopic (exact) mass is 463 g/mol. The SMILES string of the molecule is CCCCN1C(=O)C(=O)/C(=C(\O)c2ccc(Br)cc2)C1c1cccc2ccccc12. The van der Waals surface area contributed by atoms with Gasteiger partial charge in [0.1, 0.15) is 5.76 Å². The highest BCUT2D eigenvalue weighted by Gasteiger charge is 2.46. The Bertz CT molecular complexity index is 1150. The molecule has 1 atom stereocenters. The van der Waals surface area contributed by atoms with E-state index in [4.69, 9.17) is 0 Å². The fraction of sp³-hybridized carbons (Fsp3) is 0.200. The second-order valence-electron chi connectivity index (χ2n) is 7.42. The molecule has 0 bridgehead atoms. The Morgan fingerprint density at radius 2 is 1.70 bits per heavy atom. The van der Waals surface area contributed by atoms with Crippen molar-refractivity contribution in [3.63, 3.8) is 0 Å². The third-order valence-electron chi connectivity index (χ3n) is 5.53. The molecule has 3 aromatic carbocycles. The maximum absolute atomic E-state index is 13.1. The quantitative estimate of drug-likeness (QED) is 0.294. The Morgan fingerprint density at radius 1 is 1.00 bits per heavy atom. The molecule has 1 heterocycles. The molecule has 0 spiro atoms. The molecule has 30 heavy (non-hydrogen) atoms. The van der Waals surface area contributed by atoms with E-state index in [9.17, 15) is 14.7 Å². The number of likely N-dealkylation sites (tertiary alicyclic amines) is 1. The minimum absolute atomic E-state index is 0.141. The molecule has 4 nitrogen and oxygen atoms in total.